The summed E-state index contributed by atoms with van der Waals surface area (Å²) in [6, 6.07) is 9.52. The summed E-state index contributed by atoms with van der Waals surface area (Å²) in [5.74, 6) is 0.509. The van der Waals surface area contributed by atoms with Crippen molar-refractivity contribution in [2.75, 3.05) is 20.1 Å². The Kier molecular flexibility index (Phi) is 6.21. The fraction of sp³-hybridized carbons (Fsp3) is 0.286. The number of oxazole rings is 1. The first kappa shape index (κ1) is 16.2. The van der Waals surface area contributed by atoms with E-state index in [-0.39, 0.29) is 24.1 Å². The lowest BCUT2D eigenvalue weighted by molar-refractivity contribution is 0.0926. The molecule has 1 aromatic heterocycles. The smallest absolute Gasteiger partial charge is 0.289 e. The van der Waals surface area contributed by atoms with Crippen LogP contribution in [-0.4, -0.2) is 31.0 Å². The van der Waals surface area contributed by atoms with Gasteiger partial charge in [0.2, 0.25) is 11.7 Å². The molecule has 2 aromatic rings. The van der Waals surface area contributed by atoms with E-state index in [1.807, 2.05) is 37.4 Å². The van der Waals surface area contributed by atoms with Gasteiger partial charge in [0.15, 0.2) is 0 Å². The summed E-state index contributed by atoms with van der Waals surface area (Å²) in [5, 5.41) is 5.73. The summed E-state index contributed by atoms with van der Waals surface area (Å²) in [5.41, 5.74) is 1.46. The molecule has 1 aromatic carbocycles. The molecule has 2 N–H and O–H groups in total. The molecule has 0 bridgehead atoms. The van der Waals surface area contributed by atoms with Gasteiger partial charge in [-0.2, -0.15) is 0 Å². The van der Waals surface area contributed by atoms with Crippen LogP contribution in [0.1, 0.15) is 16.2 Å². The fourth-order valence-electron chi connectivity index (χ4n) is 1.69. The van der Waals surface area contributed by atoms with E-state index in [0.29, 0.717) is 24.7 Å². The van der Waals surface area contributed by atoms with Gasteiger partial charge in [-0.1, -0.05) is 18.2 Å². The van der Waals surface area contributed by atoms with E-state index in [1.54, 1.807) is 6.92 Å². The second-order valence-electron chi connectivity index (χ2n) is 4.16. The average molecular weight is 296 g/mol. The number of carbonyl (C=O) groups is 1. The van der Waals surface area contributed by atoms with Crippen molar-refractivity contribution in [2.24, 2.45) is 0 Å². The number of likely N-dealkylation sites (N-methyl/N-ethyl adjacent to an activating group) is 1. The van der Waals surface area contributed by atoms with Crippen LogP contribution in [0.5, 0.6) is 0 Å². The van der Waals surface area contributed by atoms with Crippen LogP contribution in [-0.2, 0) is 0 Å². The van der Waals surface area contributed by atoms with E-state index in [2.05, 4.69) is 15.6 Å². The predicted octanol–water partition coefficient (Wildman–Crippen LogP) is 2.02. The molecule has 2 rings (SSSR count). The highest BCUT2D eigenvalue weighted by atomic mass is 35.5. The maximum atomic E-state index is 11.9. The van der Waals surface area contributed by atoms with Crippen molar-refractivity contribution >= 4 is 18.3 Å². The standard InChI is InChI=1S/C14H17N3O2.ClH/c1-10-12(13(18)16-9-8-15-2)19-14(17-10)11-6-4-3-5-7-11;/h3-7,15H,8-9H2,1-2H3,(H,16,18);1H. The minimum absolute atomic E-state index is 0. The number of hydrogen-bond acceptors (Lipinski definition) is 4. The van der Waals surface area contributed by atoms with E-state index in [9.17, 15) is 4.79 Å². The highest BCUT2D eigenvalue weighted by molar-refractivity contribution is 5.92. The Morgan fingerprint density at radius 1 is 1.25 bits per heavy atom. The van der Waals surface area contributed by atoms with Crippen LogP contribution in [0.25, 0.3) is 11.5 Å². The second kappa shape index (κ2) is 7.67. The molecule has 5 nitrogen and oxygen atoms in total. The van der Waals surface area contributed by atoms with Crippen molar-refractivity contribution in [3.63, 3.8) is 0 Å². The Bertz CT molecular complexity index is 555. The van der Waals surface area contributed by atoms with Crippen molar-refractivity contribution < 1.29 is 9.21 Å². The zero-order valence-electron chi connectivity index (χ0n) is 11.5. The number of rotatable bonds is 5. The van der Waals surface area contributed by atoms with E-state index in [1.165, 1.54) is 0 Å². The number of aryl methyl sites for hydroxylation is 1. The van der Waals surface area contributed by atoms with E-state index < -0.39 is 0 Å². The van der Waals surface area contributed by atoms with E-state index in [4.69, 9.17) is 4.42 Å². The molecule has 0 radical (unpaired) electrons. The average Bonchev–Trinajstić information content (AvgIpc) is 2.82. The van der Waals surface area contributed by atoms with Crippen LogP contribution in [0.2, 0.25) is 0 Å². The molecule has 0 aliphatic rings. The molecule has 20 heavy (non-hydrogen) atoms. The van der Waals surface area contributed by atoms with Gasteiger partial charge in [-0.25, -0.2) is 4.98 Å². The van der Waals surface area contributed by atoms with Gasteiger partial charge in [-0.05, 0) is 26.1 Å². The van der Waals surface area contributed by atoms with E-state index >= 15 is 0 Å². The zero-order chi connectivity index (χ0) is 13.7. The number of nitrogens with one attached hydrogen (secondary N) is 2. The van der Waals surface area contributed by atoms with Crippen LogP contribution in [0.3, 0.4) is 0 Å². The number of aromatic nitrogens is 1. The predicted molar refractivity (Wildman–Crippen MR) is 80.2 cm³/mol. The largest absolute Gasteiger partial charge is 0.431 e. The van der Waals surface area contributed by atoms with E-state index in [0.717, 1.165) is 5.56 Å². The third-order valence-corrected chi connectivity index (χ3v) is 2.68. The maximum Gasteiger partial charge on any atom is 0.289 e. The summed E-state index contributed by atoms with van der Waals surface area (Å²) < 4.78 is 5.55. The van der Waals surface area contributed by atoms with Gasteiger partial charge < -0.3 is 15.1 Å². The third-order valence-electron chi connectivity index (χ3n) is 2.68. The highest BCUT2D eigenvalue weighted by Crippen LogP contribution is 2.21. The van der Waals surface area contributed by atoms with Gasteiger partial charge in [0, 0.05) is 18.7 Å². The monoisotopic (exact) mass is 295 g/mol. The van der Waals surface area contributed by atoms with Crippen LogP contribution in [0.4, 0.5) is 0 Å². The van der Waals surface area contributed by atoms with Crippen molar-refractivity contribution in [1.82, 2.24) is 15.6 Å². The first-order valence-electron chi connectivity index (χ1n) is 6.18. The minimum Gasteiger partial charge on any atom is -0.431 e. The lowest BCUT2D eigenvalue weighted by atomic mass is 10.2. The number of benzene rings is 1. The SMILES string of the molecule is CNCCNC(=O)c1oc(-c2ccccc2)nc1C.Cl. The summed E-state index contributed by atoms with van der Waals surface area (Å²) in [7, 11) is 1.83. The Balaban J connectivity index is 0.00000200. The molecule has 0 saturated heterocycles. The van der Waals surface area contributed by atoms with Gasteiger partial charge in [0.05, 0.1) is 5.69 Å². The number of nitrogens with zero attached hydrogens (tertiary/aromatic N) is 1. The van der Waals surface area contributed by atoms with Crippen LogP contribution in [0.15, 0.2) is 34.7 Å². The summed E-state index contributed by atoms with van der Waals surface area (Å²) in [6.45, 7) is 3.03. The Morgan fingerprint density at radius 3 is 2.60 bits per heavy atom. The maximum absolute atomic E-state index is 11.9. The molecule has 108 valence electrons. The molecule has 0 aliphatic heterocycles. The van der Waals surface area contributed by atoms with Gasteiger partial charge in [0.25, 0.3) is 5.91 Å². The topological polar surface area (TPSA) is 67.2 Å². The highest BCUT2D eigenvalue weighted by Gasteiger charge is 2.17. The van der Waals surface area contributed by atoms with Crippen LogP contribution < -0.4 is 10.6 Å². The molecule has 0 aliphatic carbocycles. The molecular formula is C14H18ClN3O2. The third kappa shape index (κ3) is 3.82. The summed E-state index contributed by atoms with van der Waals surface area (Å²) in [4.78, 5) is 16.2. The first-order valence-corrected chi connectivity index (χ1v) is 6.18. The molecule has 1 amide bonds. The van der Waals surface area contributed by atoms with Gasteiger partial charge in [-0.15, -0.1) is 12.4 Å². The van der Waals surface area contributed by atoms with Gasteiger partial charge in [0.1, 0.15) is 0 Å². The molecule has 0 spiro atoms. The second-order valence-corrected chi connectivity index (χ2v) is 4.16. The summed E-state index contributed by atoms with van der Waals surface area (Å²) >= 11 is 0. The number of hydrogen-bond donors (Lipinski definition) is 2. The number of carbonyl (C=O) groups excluding carboxylic acids is 1. The molecule has 0 atom stereocenters. The van der Waals surface area contributed by atoms with Crippen molar-refractivity contribution in [1.29, 1.82) is 0 Å². The first-order chi connectivity index (χ1) is 9.22. The van der Waals surface area contributed by atoms with Crippen molar-refractivity contribution in [3.05, 3.63) is 41.8 Å². The summed E-state index contributed by atoms with van der Waals surface area (Å²) in [6.07, 6.45) is 0. The Morgan fingerprint density at radius 2 is 1.95 bits per heavy atom. The van der Waals surface area contributed by atoms with Crippen LogP contribution in [0, 0.1) is 6.92 Å². The molecule has 6 heteroatoms. The molecule has 0 fully saturated rings. The lowest BCUT2D eigenvalue weighted by Gasteiger charge is -2.02. The quantitative estimate of drug-likeness (QED) is 0.828. The van der Waals surface area contributed by atoms with Gasteiger partial charge in [-0.3, -0.25) is 4.79 Å². The Hall–Kier alpha value is -1.85. The zero-order valence-corrected chi connectivity index (χ0v) is 12.3. The number of halogens is 1. The number of amides is 1. The molecular weight excluding hydrogens is 278 g/mol. The molecule has 1 heterocycles. The minimum atomic E-state index is -0.234. The van der Waals surface area contributed by atoms with Crippen molar-refractivity contribution in [2.45, 2.75) is 6.92 Å². The molecule has 0 unspecified atom stereocenters. The van der Waals surface area contributed by atoms with Gasteiger partial charge >= 0.3 is 0 Å². The fourth-order valence-corrected chi connectivity index (χ4v) is 1.69. The normalized spacial score (nSPS) is 9.90. The van der Waals surface area contributed by atoms with Crippen LogP contribution >= 0.6 is 12.4 Å². The Labute approximate surface area is 124 Å². The lowest BCUT2D eigenvalue weighted by Crippen LogP contribution is -2.30. The molecule has 0 saturated carbocycles. The van der Waals surface area contributed by atoms with Crippen molar-refractivity contribution in [3.8, 4) is 11.5 Å².